The molecule has 42 heavy (non-hydrogen) atoms. The minimum Gasteiger partial charge on any atom is -0.444 e. The molecule has 10 heteroatoms. The quantitative estimate of drug-likeness (QED) is 0.233. The fourth-order valence-electron chi connectivity index (χ4n) is 4.54. The van der Waals surface area contributed by atoms with Crippen LogP contribution in [0, 0.1) is 6.92 Å². The molecule has 0 aliphatic carbocycles. The number of carbonyl (C=O) groups excluding carboxylic acids is 2. The van der Waals surface area contributed by atoms with Gasteiger partial charge in [0.1, 0.15) is 11.6 Å². The van der Waals surface area contributed by atoms with Crippen molar-refractivity contribution in [1.82, 2.24) is 15.2 Å². The van der Waals surface area contributed by atoms with Crippen LogP contribution in [-0.2, 0) is 29.0 Å². The molecule has 4 aromatic rings. The molecule has 2 N–H and O–H groups in total. The first-order valence-electron chi connectivity index (χ1n) is 13.6. The number of hydrogen-bond acceptors (Lipinski definition) is 7. The van der Waals surface area contributed by atoms with Crippen LogP contribution in [0.25, 0.3) is 10.9 Å². The lowest BCUT2D eigenvalue weighted by Crippen LogP contribution is -2.42. The van der Waals surface area contributed by atoms with E-state index in [-0.39, 0.29) is 23.9 Å². The normalized spacial score (nSPS) is 12.0. The number of aryl methyl sites for hydroxylation is 1. The van der Waals surface area contributed by atoms with Crippen LogP contribution < -0.4 is 16.3 Å². The Kier molecular flexibility index (Phi) is 9.67. The van der Waals surface area contributed by atoms with Crippen LogP contribution in [0.15, 0.2) is 80.4 Å². The van der Waals surface area contributed by atoms with Gasteiger partial charge in [0, 0.05) is 31.0 Å². The third-order valence-electron chi connectivity index (χ3n) is 6.57. The number of halogens is 1. The summed E-state index contributed by atoms with van der Waals surface area (Å²) in [5.74, 6) is -0.175. The van der Waals surface area contributed by atoms with Gasteiger partial charge in [-0.05, 0) is 71.9 Å². The van der Waals surface area contributed by atoms with Gasteiger partial charge in [-0.2, -0.15) is 4.98 Å². The Morgan fingerprint density at radius 2 is 1.67 bits per heavy atom. The Morgan fingerprint density at radius 3 is 2.29 bits per heavy atom. The Morgan fingerprint density at radius 1 is 1.05 bits per heavy atom. The number of fused-ring (bicyclic) bond motifs is 1. The summed E-state index contributed by atoms with van der Waals surface area (Å²) in [5.41, 5.74) is 2.41. The number of nitrogens with one attached hydrogen (secondary N) is 2. The van der Waals surface area contributed by atoms with Crippen molar-refractivity contribution in [2.75, 3.05) is 12.4 Å². The van der Waals surface area contributed by atoms with E-state index in [1.54, 1.807) is 45.7 Å². The maximum absolute atomic E-state index is 13.6. The van der Waals surface area contributed by atoms with Gasteiger partial charge in [0.25, 0.3) is 6.01 Å². The number of ether oxygens (including phenoxy) is 1. The zero-order valence-electron chi connectivity index (χ0n) is 24.4. The fraction of sp³-hybridized carbons (Fsp3) is 0.312. The SMILES string of the molecule is Cc1c(CNC(=O)OC(C)(C)C)cc(Br)c2nc(NC(Cc3ccccc3)C(=O)N(C)Cc3ccccc3)oc(=O)c12. The van der Waals surface area contributed by atoms with E-state index in [2.05, 4.69) is 31.5 Å². The lowest BCUT2D eigenvalue weighted by molar-refractivity contribution is -0.131. The Hall–Kier alpha value is -4.18. The van der Waals surface area contributed by atoms with Crippen LogP contribution in [0.2, 0.25) is 0 Å². The monoisotopic (exact) mass is 634 g/mol. The van der Waals surface area contributed by atoms with E-state index in [4.69, 9.17) is 9.15 Å². The van der Waals surface area contributed by atoms with Gasteiger partial charge in [-0.1, -0.05) is 60.7 Å². The lowest BCUT2D eigenvalue weighted by atomic mass is 10.0. The average Bonchev–Trinajstić information content (AvgIpc) is 2.93. The number of rotatable bonds is 9. The Labute approximate surface area is 253 Å². The molecule has 9 nitrogen and oxygen atoms in total. The van der Waals surface area contributed by atoms with Crippen molar-refractivity contribution in [2.45, 2.75) is 58.8 Å². The molecular formula is C32H35BrN4O5. The number of anilines is 1. The molecule has 0 aliphatic heterocycles. The minimum absolute atomic E-state index is 0.0605. The molecule has 4 rings (SSSR count). The molecule has 0 aliphatic rings. The first-order valence-corrected chi connectivity index (χ1v) is 14.4. The van der Waals surface area contributed by atoms with Crippen molar-refractivity contribution in [1.29, 1.82) is 0 Å². The molecule has 0 saturated carbocycles. The zero-order valence-corrected chi connectivity index (χ0v) is 25.9. The summed E-state index contributed by atoms with van der Waals surface area (Å²) in [7, 11) is 1.74. The average molecular weight is 636 g/mol. The molecule has 0 fully saturated rings. The number of hydrogen-bond donors (Lipinski definition) is 2. The summed E-state index contributed by atoms with van der Waals surface area (Å²) >= 11 is 3.53. The summed E-state index contributed by atoms with van der Waals surface area (Å²) < 4.78 is 11.5. The lowest BCUT2D eigenvalue weighted by Gasteiger charge is -2.25. The zero-order chi connectivity index (χ0) is 30.4. The second-order valence-corrected chi connectivity index (χ2v) is 11.9. The van der Waals surface area contributed by atoms with Crippen LogP contribution in [0.4, 0.5) is 10.8 Å². The Balaban J connectivity index is 1.61. The van der Waals surface area contributed by atoms with Gasteiger partial charge >= 0.3 is 11.7 Å². The highest BCUT2D eigenvalue weighted by Gasteiger charge is 2.25. The van der Waals surface area contributed by atoms with E-state index in [1.165, 1.54) is 0 Å². The molecule has 1 atom stereocenters. The maximum atomic E-state index is 13.6. The van der Waals surface area contributed by atoms with Crippen molar-refractivity contribution in [2.24, 2.45) is 0 Å². The van der Waals surface area contributed by atoms with E-state index < -0.39 is 23.4 Å². The van der Waals surface area contributed by atoms with E-state index >= 15 is 0 Å². The van der Waals surface area contributed by atoms with Gasteiger partial charge in [-0.3, -0.25) is 4.79 Å². The third-order valence-corrected chi connectivity index (χ3v) is 7.17. The number of amides is 2. The first kappa shape index (κ1) is 30.8. The summed E-state index contributed by atoms with van der Waals surface area (Å²) in [5, 5.41) is 6.09. The third kappa shape index (κ3) is 7.97. The largest absolute Gasteiger partial charge is 0.444 e. The van der Waals surface area contributed by atoms with Crippen LogP contribution in [0.5, 0.6) is 0 Å². The summed E-state index contributed by atoms with van der Waals surface area (Å²) in [6.45, 7) is 7.69. The molecule has 2 amide bonds. The van der Waals surface area contributed by atoms with Crippen molar-refractivity contribution >= 4 is 44.8 Å². The molecule has 220 valence electrons. The number of alkyl carbamates (subject to hydrolysis) is 1. The van der Waals surface area contributed by atoms with E-state index in [0.717, 1.165) is 11.1 Å². The van der Waals surface area contributed by atoms with Gasteiger partial charge in [0.05, 0.1) is 10.9 Å². The topological polar surface area (TPSA) is 114 Å². The molecule has 0 saturated heterocycles. The number of nitrogens with zero attached hydrogens (tertiary/aromatic N) is 2. The van der Waals surface area contributed by atoms with Crippen molar-refractivity contribution in [3.8, 4) is 0 Å². The molecule has 0 bridgehead atoms. The van der Waals surface area contributed by atoms with E-state index in [0.29, 0.717) is 34.1 Å². The molecular weight excluding hydrogens is 600 g/mol. The van der Waals surface area contributed by atoms with E-state index in [9.17, 15) is 14.4 Å². The van der Waals surface area contributed by atoms with Gasteiger partial charge in [0.2, 0.25) is 5.91 Å². The number of aromatic nitrogens is 1. The number of carbonyl (C=O) groups is 2. The number of likely N-dealkylation sites (N-methyl/N-ethyl adjacent to an activating group) is 1. The van der Waals surface area contributed by atoms with Crippen LogP contribution in [0.1, 0.15) is 43.0 Å². The standard InChI is InChI=1S/C32H35BrN4O5/c1-20-23(18-34-31(40)42-32(2,3)4)17-24(33)27-26(20)29(39)41-30(36-27)35-25(16-21-12-8-6-9-13-21)28(38)37(5)19-22-14-10-7-11-15-22/h6-15,17,25H,16,18-19H2,1-5H3,(H,34,40)(H,35,36). The molecule has 0 spiro atoms. The highest BCUT2D eigenvalue weighted by atomic mass is 79.9. The van der Waals surface area contributed by atoms with Crippen LogP contribution in [-0.4, -0.2) is 40.6 Å². The predicted molar refractivity (Wildman–Crippen MR) is 166 cm³/mol. The van der Waals surface area contributed by atoms with Crippen LogP contribution >= 0.6 is 15.9 Å². The van der Waals surface area contributed by atoms with E-state index in [1.807, 2.05) is 60.7 Å². The summed E-state index contributed by atoms with van der Waals surface area (Å²) in [6.07, 6.45) is -0.202. The van der Waals surface area contributed by atoms with Gasteiger partial charge in [0.15, 0.2) is 0 Å². The maximum Gasteiger partial charge on any atom is 0.407 e. The smallest absolute Gasteiger partial charge is 0.407 e. The summed E-state index contributed by atoms with van der Waals surface area (Å²) in [6, 6.07) is 20.3. The number of benzene rings is 3. The fourth-order valence-corrected chi connectivity index (χ4v) is 5.10. The van der Waals surface area contributed by atoms with Crippen LogP contribution in [0.3, 0.4) is 0 Å². The van der Waals surface area contributed by atoms with Crippen molar-refractivity contribution < 1.29 is 18.7 Å². The molecule has 1 heterocycles. The van der Waals surface area contributed by atoms with Gasteiger partial charge in [-0.25, -0.2) is 9.59 Å². The predicted octanol–water partition coefficient (Wildman–Crippen LogP) is 5.97. The summed E-state index contributed by atoms with van der Waals surface area (Å²) in [4.78, 5) is 45.3. The molecule has 1 unspecified atom stereocenters. The first-order chi connectivity index (χ1) is 19.9. The van der Waals surface area contributed by atoms with Gasteiger partial charge in [-0.15, -0.1) is 0 Å². The molecule has 3 aromatic carbocycles. The Bertz CT molecular complexity index is 1620. The van der Waals surface area contributed by atoms with Crippen molar-refractivity contribution in [3.05, 3.63) is 104 Å². The van der Waals surface area contributed by atoms with Gasteiger partial charge < -0.3 is 24.7 Å². The van der Waals surface area contributed by atoms with Crippen molar-refractivity contribution in [3.63, 3.8) is 0 Å². The second-order valence-electron chi connectivity index (χ2n) is 11.1. The molecule has 0 radical (unpaired) electrons. The highest BCUT2D eigenvalue weighted by molar-refractivity contribution is 9.10. The minimum atomic E-state index is -0.744. The highest BCUT2D eigenvalue weighted by Crippen LogP contribution is 2.28. The molecule has 1 aromatic heterocycles. The second kappa shape index (κ2) is 13.2.